The molecule has 0 bridgehead atoms. The van der Waals surface area contributed by atoms with Crippen LogP contribution in [0, 0.1) is 5.92 Å². The molecule has 0 radical (unpaired) electrons. The highest BCUT2D eigenvalue weighted by molar-refractivity contribution is 5.20. The fourth-order valence-electron chi connectivity index (χ4n) is 1.67. The first-order chi connectivity index (χ1) is 9.61. The maximum atomic E-state index is 5.90. The van der Waals surface area contributed by atoms with Crippen LogP contribution in [0.1, 0.15) is 39.3 Å². The summed E-state index contributed by atoms with van der Waals surface area (Å²) in [6.45, 7) is 8.45. The van der Waals surface area contributed by atoms with Crippen molar-refractivity contribution in [3.63, 3.8) is 0 Å². The van der Waals surface area contributed by atoms with E-state index in [-0.39, 0.29) is 6.04 Å². The van der Waals surface area contributed by atoms with Crippen molar-refractivity contribution in [2.45, 2.75) is 46.1 Å². The van der Waals surface area contributed by atoms with E-state index in [2.05, 4.69) is 25.8 Å². The normalized spacial score (nSPS) is 12.7. The van der Waals surface area contributed by atoms with E-state index in [1.165, 1.54) is 0 Å². The summed E-state index contributed by atoms with van der Waals surface area (Å²) in [5, 5.41) is 0. The number of pyridine rings is 1. The van der Waals surface area contributed by atoms with Crippen LogP contribution in [0.25, 0.3) is 0 Å². The molecular formula is C16H28N2O2. The molecular weight excluding hydrogens is 252 g/mol. The van der Waals surface area contributed by atoms with Gasteiger partial charge in [-0.15, -0.1) is 0 Å². The monoisotopic (exact) mass is 280 g/mol. The molecule has 114 valence electrons. The van der Waals surface area contributed by atoms with E-state index in [1.807, 2.05) is 12.1 Å². The van der Waals surface area contributed by atoms with Crippen LogP contribution in [0.3, 0.4) is 0 Å². The Labute approximate surface area is 122 Å². The molecule has 4 heteroatoms. The first kappa shape index (κ1) is 16.9. The highest BCUT2D eigenvalue weighted by atomic mass is 16.5. The Hall–Kier alpha value is -1.13. The number of hydrogen-bond donors (Lipinski definition) is 1. The van der Waals surface area contributed by atoms with Crippen LogP contribution >= 0.6 is 0 Å². The van der Waals surface area contributed by atoms with Gasteiger partial charge in [-0.25, -0.2) is 0 Å². The molecule has 0 fully saturated rings. The van der Waals surface area contributed by atoms with Gasteiger partial charge in [0.15, 0.2) is 0 Å². The first-order valence-electron chi connectivity index (χ1n) is 7.52. The van der Waals surface area contributed by atoms with Crippen molar-refractivity contribution in [1.82, 2.24) is 4.98 Å². The van der Waals surface area contributed by atoms with Gasteiger partial charge in [0.2, 0.25) is 0 Å². The van der Waals surface area contributed by atoms with Crippen LogP contribution in [0.2, 0.25) is 0 Å². The molecule has 0 amide bonds. The summed E-state index contributed by atoms with van der Waals surface area (Å²) in [7, 11) is 0. The van der Waals surface area contributed by atoms with Gasteiger partial charge in [-0.1, -0.05) is 20.8 Å². The Kier molecular flexibility index (Phi) is 8.23. The molecule has 1 atom stereocenters. The van der Waals surface area contributed by atoms with E-state index >= 15 is 0 Å². The number of hydrogen-bond acceptors (Lipinski definition) is 4. The molecule has 1 rings (SSSR count). The second-order valence-corrected chi connectivity index (χ2v) is 5.50. The minimum Gasteiger partial charge on any atom is -0.490 e. The highest BCUT2D eigenvalue weighted by Gasteiger charge is 2.03. The summed E-state index contributed by atoms with van der Waals surface area (Å²) in [4.78, 5) is 4.36. The van der Waals surface area contributed by atoms with Gasteiger partial charge in [0.05, 0.1) is 12.8 Å². The van der Waals surface area contributed by atoms with Crippen molar-refractivity contribution in [2.75, 3.05) is 19.8 Å². The summed E-state index contributed by atoms with van der Waals surface area (Å²) in [5.41, 5.74) is 6.92. The zero-order valence-electron chi connectivity index (χ0n) is 13.0. The quantitative estimate of drug-likeness (QED) is 0.670. The molecule has 0 aromatic carbocycles. The Morgan fingerprint density at radius 3 is 2.60 bits per heavy atom. The van der Waals surface area contributed by atoms with Gasteiger partial charge in [0.1, 0.15) is 12.4 Å². The summed E-state index contributed by atoms with van der Waals surface area (Å²) < 4.78 is 11.1. The summed E-state index contributed by atoms with van der Waals surface area (Å²) >= 11 is 0. The zero-order chi connectivity index (χ0) is 14.8. The first-order valence-corrected chi connectivity index (χ1v) is 7.52. The highest BCUT2D eigenvalue weighted by Crippen LogP contribution is 2.10. The van der Waals surface area contributed by atoms with Crippen LogP contribution < -0.4 is 10.5 Å². The SMILES string of the molecule is CCC(N)Cc1ccc(OCCOCCC(C)C)cn1. The van der Waals surface area contributed by atoms with Gasteiger partial charge < -0.3 is 15.2 Å². The van der Waals surface area contributed by atoms with E-state index in [1.54, 1.807) is 6.20 Å². The molecule has 4 nitrogen and oxygen atoms in total. The number of ether oxygens (including phenoxy) is 2. The van der Waals surface area contributed by atoms with Gasteiger partial charge in [0, 0.05) is 24.8 Å². The second kappa shape index (κ2) is 9.72. The Morgan fingerprint density at radius 1 is 1.20 bits per heavy atom. The second-order valence-electron chi connectivity index (χ2n) is 5.50. The maximum absolute atomic E-state index is 5.90. The molecule has 1 aromatic heterocycles. The van der Waals surface area contributed by atoms with Gasteiger partial charge in [-0.05, 0) is 30.9 Å². The van der Waals surface area contributed by atoms with Gasteiger partial charge in [-0.2, -0.15) is 0 Å². The average molecular weight is 280 g/mol. The predicted molar refractivity (Wildman–Crippen MR) is 82.0 cm³/mol. The molecule has 0 aliphatic carbocycles. The van der Waals surface area contributed by atoms with Crippen molar-refractivity contribution >= 4 is 0 Å². The van der Waals surface area contributed by atoms with Crippen molar-refractivity contribution < 1.29 is 9.47 Å². The van der Waals surface area contributed by atoms with Crippen LogP contribution in [0.15, 0.2) is 18.3 Å². The lowest BCUT2D eigenvalue weighted by atomic mass is 10.1. The van der Waals surface area contributed by atoms with Gasteiger partial charge in [-0.3, -0.25) is 4.98 Å². The molecule has 1 aromatic rings. The molecule has 0 spiro atoms. The van der Waals surface area contributed by atoms with Crippen LogP contribution in [-0.2, 0) is 11.2 Å². The standard InChI is InChI=1S/C16H28N2O2/c1-4-14(17)11-15-5-6-16(12-18-15)20-10-9-19-8-7-13(2)3/h5-6,12-14H,4,7-11,17H2,1-3H3. The fraction of sp³-hybridized carbons (Fsp3) is 0.688. The van der Waals surface area contributed by atoms with Crippen molar-refractivity contribution in [2.24, 2.45) is 11.7 Å². The number of nitrogens with zero attached hydrogens (tertiary/aromatic N) is 1. The lowest BCUT2D eigenvalue weighted by Crippen LogP contribution is -2.21. The third-order valence-corrected chi connectivity index (χ3v) is 3.13. The van der Waals surface area contributed by atoms with E-state index in [0.29, 0.717) is 19.1 Å². The maximum Gasteiger partial charge on any atom is 0.137 e. The lowest BCUT2D eigenvalue weighted by Gasteiger charge is -2.10. The number of nitrogens with two attached hydrogens (primary N) is 1. The van der Waals surface area contributed by atoms with E-state index in [9.17, 15) is 0 Å². The van der Waals surface area contributed by atoms with Crippen LogP contribution in [0.5, 0.6) is 5.75 Å². The lowest BCUT2D eigenvalue weighted by molar-refractivity contribution is 0.0924. The zero-order valence-corrected chi connectivity index (χ0v) is 13.0. The minimum atomic E-state index is 0.184. The third kappa shape index (κ3) is 7.46. The summed E-state index contributed by atoms with van der Waals surface area (Å²) in [5.74, 6) is 1.47. The summed E-state index contributed by atoms with van der Waals surface area (Å²) in [6.07, 6.45) is 4.63. The fourth-order valence-corrected chi connectivity index (χ4v) is 1.67. The minimum absolute atomic E-state index is 0.184. The van der Waals surface area contributed by atoms with Crippen LogP contribution in [-0.4, -0.2) is 30.8 Å². The van der Waals surface area contributed by atoms with E-state index in [4.69, 9.17) is 15.2 Å². The number of rotatable bonds is 10. The molecule has 0 saturated heterocycles. The topological polar surface area (TPSA) is 57.4 Å². The van der Waals surface area contributed by atoms with E-state index < -0.39 is 0 Å². The largest absolute Gasteiger partial charge is 0.490 e. The molecule has 0 aliphatic heterocycles. The summed E-state index contributed by atoms with van der Waals surface area (Å²) in [6, 6.07) is 4.10. The molecule has 1 heterocycles. The van der Waals surface area contributed by atoms with E-state index in [0.717, 1.165) is 37.3 Å². The molecule has 20 heavy (non-hydrogen) atoms. The average Bonchev–Trinajstić information content (AvgIpc) is 2.44. The molecule has 0 saturated carbocycles. The van der Waals surface area contributed by atoms with Crippen molar-refractivity contribution in [3.8, 4) is 5.75 Å². The Balaban J connectivity index is 2.18. The molecule has 2 N–H and O–H groups in total. The predicted octanol–water partition coefficient (Wildman–Crippen LogP) is 2.80. The van der Waals surface area contributed by atoms with Gasteiger partial charge in [0.25, 0.3) is 0 Å². The van der Waals surface area contributed by atoms with Crippen molar-refractivity contribution in [3.05, 3.63) is 24.0 Å². The Morgan fingerprint density at radius 2 is 2.00 bits per heavy atom. The Bertz CT molecular complexity index is 352. The van der Waals surface area contributed by atoms with Crippen molar-refractivity contribution in [1.29, 1.82) is 0 Å². The van der Waals surface area contributed by atoms with Gasteiger partial charge >= 0.3 is 0 Å². The van der Waals surface area contributed by atoms with Crippen LogP contribution in [0.4, 0.5) is 0 Å². The third-order valence-electron chi connectivity index (χ3n) is 3.13. The number of aromatic nitrogens is 1. The smallest absolute Gasteiger partial charge is 0.137 e. The molecule has 1 unspecified atom stereocenters. The molecule has 0 aliphatic rings.